The molecule has 6 nitrogen and oxygen atoms in total. The van der Waals surface area contributed by atoms with Gasteiger partial charge < -0.3 is 20.3 Å². The zero-order valence-electron chi connectivity index (χ0n) is 13.8. The average Bonchev–Trinajstić information content (AvgIpc) is 2.64. The lowest BCUT2D eigenvalue weighted by molar-refractivity contribution is 0.0180. The van der Waals surface area contributed by atoms with Crippen LogP contribution in [0.2, 0.25) is 0 Å². The van der Waals surface area contributed by atoms with Gasteiger partial charge in [0.15, 0.2) is 0 Å². The zero-order valence-corrected chi connectivity index (χ0v) is 13.8. The van der Waals surface area contributed by atoms with Gasteiger partial charge in [-0.2, -0.15) is 5.26 Å². The molecule has 0 spiro atoms. The molecule has 2 atom stereocenters. The largest absolute Gasteiger partial charge is 0.445 e. The van der Waals surface area contributed by atoms with Crippen molar-refractivity contribution in [1.29, 1.82) is 5.26 Å². The van der Waals surface area contributed by atoms with Crippen LogP contribution in [-0.2, 0) is 11.3 Å². The van der Waals surface area contributed by atoms with E-state index >= 15 is 0 Å². The van der Waals surface area contributed by atoms with Gasteiger partial charge in [0.1, 0.15) is 18.8 Å². The molecule has 0 fully saturated rings. The molecule has 2 aromatic rings. The molecule has 2 aromatic carbocycles. The van der Waals surface area contributed by atoms with Gasteiger partial charge >= 0.3 is 6.09 Å². The summed E-state index contributed by atoms with van der Waals surface area (Å²) in [7, 11) is 0. The van der Waals surface area contributed by atoms with Crippen molar-refractivity contribution in [2.24, 2.45) is 0 Å². The second-order valence-corrected chi connectivity index (χ2v) is 5.64. The van der Waals surface area contributed by atoms with Crippen molar-refractivity contribution in [2.45, 2.75) is 25.7 Å². The SMILES string of the molecule is Cc1cc(C#N)ccc1C(O)C(O)CNC(=O)OCc1ccccc1. The van der Waals surface area contributed by atoms with Crippen LogP contribution >= 0.6 is 0 Å². The Morgan fingerprint density at radius 1 is 1.24 bits per heavy atom. The Labute approximate surface area is 146 Å². The molecule has 0 aromatic heterocycles. The summed E-state index contributed by atoms with van der Waals surface area (Å²) in [6, 6.07) is 16.0. The highest BCUT2D eigenvalue weighted by atomic mass is 16.5. The lowest BCUT2D eigenvalue weighted by Crippen LogP contribution is -2.36. The van der Waals surface area contributed by atoms with E-state index in [-0.39, 0.29) is 13.2 Å². The molecule has 0 radical (unpaired) electrons. The van der Waals surface area contributed by atoms with Crippen LogP contribution in [0.15, 0.2) is 48.5 Å². The first-order valence-corrected chi connectivity index (χ1v) is 7.82. The van der Waals surface area contributed by atoms with Crippen molar-refractivity contribution < 1.29 is 19.7 Å². The van der Waals surface area contributed by atoms with E-state index in [1.165, 1.54) is 0 Å². The quantitative estimate of drug-likeness (QED) is 0.748. The Bertz CT molecular complexity index is 756. The molecular formula is C19H20N2O4. The number of benzene rings is 2. The summed E-state index contributed by atoms with van der Waals surface area (Å²) in [6.07, 6.45) is -3.05. The molecule has 25 heavy (non-hydrogen) atoms. The van der Waals surface area contributed by atoms with Gasteiger partial charge in [-0.05, 0) is 35.7 Å². The number of hydrogen-bond acceptors (Lipinski definition) is 5. The number of carbonyl (C=O) groups is 1. The summed E-state index contributed by atoms with van der Waals surface area (Å²) >= 11 is 0. The van der Waals surface area contributed by atoms with Gasteiger partial charge in [-0.1, -0.05) is 36.4 Å². The Morgan fingerprint density at radius 3 is 2.60 bits per heavy atom. The number of rotatable bonds is 6. The van der Waals surface area contributed by atoms with E-state index in [9.17, 15) is 15.0 Å². The van der Waals surface area contributed by atoms with Gasteiger partial charge in [-0.25, -0.2) is 4.79 Å². The van der Waals surface area contributed by atoms with Crippen LogP contribution in [0.25, 0.3) is 0 Å². The standard InChI is InChI=1S/C19H20N2O4/c1-13-9-15(10-20)7-8-16(13)18(23)17(22)11-21-19(24)25-12-14-5-3-2-4-6-14/h2-9,17-18,22-23H,11-12H2,1H3,(H,21,24). The summed E-state index contributed by atoms with van der Waals surface area (Å²) in [5.41, 5.74) is 2.53. The van der Waals surface area contributed by atoms with Crippen molar-refractivity contribution in [1.82, 2.24) is 5.32 Å². The lowest BCUT2D eigenvalue weighted by atomic mass is 9.97. The van der Waals surface area contributed by atoms with Crippen LogP contribution in [0.4, 0.5) is 4.79 Å². The van der Waals surface area contributed by atoms with Crippen molar-refractivity contribution >= 4 is 6.09 Å². The monoisotopic (exact) mass is 340 g/mol. The number of alkyl carbamates (subject to hydrolysis) is 1. The number of nitrogens with one attached hydrogen (secondary N) is 1. The molecule has 2 rings (SSSR count). The van der Waals surface area contributed by atoms with Crippen molar-refractivity contribution in [3.63, 3.8) is 0 Å². The number of nitrogens with zero attached hydrogens (tertiary/aromatic N) is 1. The van der Waals surface area contributed by atoms with Gasteiger partial charge in [0.2, 0.25) is 0 Å². The third-order valence-corrected chi connectivity index (χ3v) is 3.75. The van der Waals surface area contributed by atoms with Crippen LogP contribution in [0.3, 0.4) is 0 Å². The highest BCUT2D eigenvalue weighted by molar-refractivity contribution is 5.67. The van der Waals surface area contributed by atoms with Crippen molar-refractivity contribution in [3.8, 4) is 6.07 Å². The third kappa shape index (κ3) is 5.31. The number of aliphatic hydroxyl groups is 2. The molecule has 0 bridgehead atoms. The maximum absolute atomic E-state index is 11.7. The second kappa shape index (κ2) is 8.83. The van der Waals surface area contributed by atoms with E-state index in [4.69, 9.17) is 10.00 Å². The summed E-state index contributed by atoms with van der Waals surface area (Å²) in [5.74, 6) is 0. The second-order valence-electron chi connectivity index (χ2n) is 5.64. The number of aryl methyl sites for hydroxylation is 1. The molecule has 0 aliphatic rings. The van der Waals surface area contributed by atoms with Crippen LogP contribution in [0.5, 0.6) is 0 Å². The molecule has 0 aliphatic carbocycles. The molecule has 3 N–H and O–H groups in total. The molecule has 130 valence electrons. The minimum atomic E-state index is -1.20. The fourth-order valence-electron chi connectivity index (χ4n) is 2.36. The summed E-state index contributed by atoms with van der Waals surface area (Å²) in [6.45, 7) is 1.71. The number of aliphatic hydroxyl groups excluding tert-OH is 2. The van der Waals surface area contributed by atoms with Crippen LogP contribution < -0.4 is 5.32 Å². The molecule has 6 heteroatoms. The third-order valence-electron chi connectivity index (χ3n) is 3.75. The molecule has 0 saturated heterocycles. The summed E-state index contributed by atoms with van der Waals surface area (Å²) in [5, 5.41) is 31.6. The maximum atomic E-state index is 11.7. The van der Waals surface area contributed by atoms with E-state index in [1.807, 2.05) is 36.4 Å². The Hall–Kier alpha value is -2.88. The predicted octanol–water partition coefficient (Wildman–Crippen LogP) is 2.19. The smallest absolute Gasteiger partial charge is 0.407 e. The van der Waals surface area contributed by atoms with Gasteiger partial charge in [0.05, 0.1) is 11.6 Å². The molecular weight excluding hydrogens is 320 g/mol. The maximum Gasteiger partial charge on any atom is 0.407 e. The summed E-state index contributed by atoms with van der Waals surface area (Å²) in [4.78, 5) is 11.7. The molecule has 1 amide bonds. The normalized spacial score (nSPS) is 12.7. The topological polar surface area (TPSA) is 103 Å². The van der Waals surface area contributed by atoms with Crippen molar-refractivity contribution in [3.05, 3.63) is 70.8 Å². The van der Waals surface area contributed by atoms with E-state index in [0.29, 0.717) is 16.7 Å². The van der Waals surface area contributed by atoms with Gasteiger partial charge in [0.25, 0.3) is 0 Å². The minimum absolute atomic E-state index is 0.125. The fraction of sp³-hybridized carbons (Fsp3) is 0.263. The van der Waals surface area contributed by atoms with Gasteiger partial charge in [-0.3, -0.25) is 0 Å². The minimum Gasteiger partial charge on any atom is -0.445 e. The number of ether oxygens (including phenoxy) is 1. The van der Waals surface area contributed by atoms with Gasteiger partial charge in [-0.15, -0.1) is 0 Å². The lowest BCUT2D eigenvalue weighted by Gasteiger charge is -2.20. The highest BCUT2D eigenvalue weighted by Crippen LogP contribution is 2.21. The molecule has 2 unspecified atom stereocenters. The van der Waals surface area contributed by atoms with Crippen molar-refractivity contribution in [2.75, 3.05) is 6.54 Å². The first kappa shape index (κ1) is 18.5. The fourth-order valence-corrected chi connectivity index (χ4v) is 2.36. The number of hydrogen-bond donors (Lipinski definition) is 3. The zero-order chi connectivity index (χ0) is 18.2. The number of amides is 1. The van der Waals surface area contributed by atoms with Gasteiger partial charge in [0, 0.05) is 6.54 Å². The van der Waals surface area contributed by atoms with E-state index in [1.54, 1.807) is 25.1 Å². The Morgan fingerprint density at radius 2 is 1.96 bits per heavy atom. The Balaban J connectivity index is 1.83. The molecule has 0 saturated carbocycles. The van der Waals surface area contributed by atoms with Crippen LogP contribution in [0.1, 0.15) is 28.4 Å². The van der Waals surface area contributed by atoms with E-state index in [0.717, 1.165) is 5.56 Å². The first-order chi connectivity index (χ1) is 12.0. The summed E-state index contributed by atoms with van der Waals surface area (Å²) < 4.78 is 5.04. The van der Waals surface area contributed by atoms with E-state index in [2.05, 4.69) is 5.32 Å². The van der Waals surface area contributed by atoms with Crippen LogP contribution in [0, 0.1) is 18.3 Å². The molecule has 0 aliphatic heterocycles. The van der Waals surface area contributed by atoms with Crippen LogP contribution in [-0.4, -0.2) is 29.0 Å². The highest BCUT2D eigenvalue weighted by Gasteiger charge is 2.21. The predicted molar refractivity (Wildman–Crippen MR) is 91.5 cm³/mol. The average molecular weight is 340 g/mol. The molecule has 0 heterocycles. The first-order valence-electron chi connectivity index (χ1n) is 7.82. The number of carbonyl (C=O) groups excluding carboxylic acids is 1. The van der Waals surface area contributed by atoms with E-state index < -0.39 is 18.3 Å². The Kier molecular flexibility index (Phi) is 6.52. The number of nitriles is 1.